The fourth-order valence-electron chi connectivity index (χ4n) is 3.03. The maximum atomic E-state index is 13.0. The van der Waals surface area contributed by atoms with Crippen LogP contribution in [0.3, 0.4) is 0 Å². The number of halogens is 3. The van der Waals surface area contributed by atoms with Gasteiger partial charge >= 0.3 is 6.18 Å². The summed E-state index contributed by atoms with van der Waals surface area (Å²) in [4.78, 5) is 26.6. The van der Waals surface area contributed by atoms with Crippen LogP contribution < -0.4 is 5.73 Å². The first-order chi connectivity index (χ1) is 11.7. The van der Waals surface area contributed by atoms with E-state index >= 15 is 0 Å². The fraction of sp³-hybridized carbons (Fsp3) is 0.529. The Labute approximate surface area is 144 Å². The summed E-state index contributed by atoms with van der Waals surface area (Å²) in [6.45, 7) is 0.936. The van der Waals surface area contributed by atoms with Gasteiger partial charge in [0.25, 0.3) is 0 Å². The molecule has 0 unspecified atom stereocenters. The second-order valence-corrected chi connectivity index (χ2v) is 6.38. The van der Waals surface area contributed by atoms with E-state index in [1.54, 1.807) is 22.9 Å². The van der Waals surface area contributed by atoms with Crippen LogP contribution in [0.25, 0.3) is 0 Å². The Kier molecular flexibility index (Phi) is 6.05. The third kappa shape index (κ3) is 5.19. The van der Waals surface area contributed by atoms with Gasteiger partial charge < -0.3 is 10.6 Å². The summed E-state index contributed by atoms with van der Waals surface area (Å²) in [5.74, 6) is -0.719. The molecule has 1 fully saturated rings. The number of likely N-dealkylation sites (tertiary alicyclic amines) is 1. The van der Waals surface area contributed by atoms with Crippen molar-refractivity contribution < 1.29 is 22.8 Å². The minimum Gasteiger partial charge on any atom is -0.369 e. The number of piperidine rings is 1. The molecular formula is C17H22F3N3O2. The lowest BCUT2D eigenvalue weighted by atomic mass is 9.96. The van der Waals surface area contributed by atoms with Gasteiger partial charge in [-0.3, -0.25) is 14.5 Å². The van der Waals surface area contributed by atoms with Crippen molar-refractivity contribution in [3.8, 4) is 0 Å². The van der Waals surface area contributed by atoms with Crippen LogP contribution in [-0.4, -0.2) is 48.3 Å². The van der Waals surface area contributed by atoms with Crippen molar-refractivity contribution in [2.45, 2.75) is 25.6 Å². The van der Waals surface area contributed by atoms with Crippen molar-refractivity contribution in [1.29, 1.82) is 0 Å². The number of nitrogens with zero attached hydrogens (tertiary/aromatic N) is 2. The Morgan fingerprint density at radius 1 is 1.24 bits per heavy atom. The van der Waals surface area contributed by atoms with Gasteiger partial charge in [-0.1, -0.05) is 18.2 Å². The molecule has 8 heteroatoms. The first-order valence-electron chi connectivity index (χ1n) is 8.09. The molecule has 0 bridgehead atoms. The van der Waals surface area contributed by atoms with Gasteiger partial charge in [0.15, 0.2) is 0 Å². The lowest BCUT2D eigenvalue weighted by Crippen LogP contribution is -2.45. The van der Waals surface area contributed by atoms with E-state index in [0.717, 1.165) is 6.07 Å². The van der Waals surface area contributed by atoms with E-state index in [-0.39, 0.29) is 36.4 Å². The molecule has 2 N–H and O–H groups in total. The zero-order chi connectivity index (χ0) is 18.6. The molecule has 0 saturated carbocycles. The molecule has 5 nitrogen and oxygen atoms in total. The first-order valence-corrected chi connectivity index (χ1v) is 8.09. The summed E-state index contributed by atoms with van der Waals surface area (Å²) in [7, 11) is 1.61. The average Bonchev–Trinajstić information content (AvgIpc) is 2.54. The minimum atomic E-state index is -4.42. The maximum Gasteiger partial charge on any atom is 0.416 e. The number of carbonyl (C=O) groups is 2. The quantitative estimate of drug-likeness (QED) is 0.875. The predicted octanol–water partition coefficient (Wildman–Crippen LogP) is 1.86. The SMILES string of the molecule is CN(CC(=O)N1CCC(C(N)=O)CC1)Cc1ccccc1C(F)(F)F. The molecule has 0 spiro atoms. The number of alkyl halides is 3. The Morgan fingerprint density at radius 3 is 2.40 bits per heavy atom. The third-order valence-corrected chi connectivity index (χ3v) is 4.42. The molecule has 1 heterocycles. The van der Waals surface area contributed by atoms with Crippen molar-refractivity contribution in [2.24, 2.45) is 11.7 Å². The molecule has 0 aromatic heterocycles. The molecule has 0 aliphatic carbocycles. The topological polar surface area (TPSA) is 66.6 Å². The number of likely N-dealkylation sites (N-methyl/N-ethyl adjacent to an activating group) is 1. The smallest absolute Gasteiger partial charge is 0.369 e. The molecule has 0 atom stereocenters. The van der Waals surface area contributed by atoms with Gasteiger partial charge in [0.05, 0.1) is 12.1 Å². The highest BCUT2D eigenvalue weighted by molar-refractivity contribution is 5.80. The van der Waals surface area contributed by atoms with E-state index in [9.17, 15) is 22.8 Å². The molecule has 1 saturated heterocycles. The van der Waals surface area contributed by atoms with Crippen LogP contribution in [0.4, 0.5) is 13.2 Å². The monoisotopic (exact) mass is 357 g/mol. The lowest BCUT2D eigenvalue weighted by Gasteiger charge is -2.32. The summed E-state index contributed by atoms with van der Waals surface area (Å²) in [5.41, 5.74) is 4.72. The number of nitrogens with two attached hydrogens (primary N) is 1. The molecule has 138 valence electrons. The molecule has 1 aliphatic rings. The first kappa shape index (κ1) is 19.2. The standard InChI is InChI=1S/C17H22F3N3O2/c1-22(10-13-4-2-3-5-14(13)17(18,19)20)11-15(24)23-8-6-12(7-9-23)16(21)25/h2-5,12H,6-11H2,1H3,(H2,21,25). The number of rotatable bonds is 5. The van der Waals surface area contributed by atoms with Gasteiger partial charge in [0.1, 0.15) is 0 Å². The zero-order valence-electron chi connectivity index (χ0n) is 14.1. The largest absolute Gasteiger partial charge is 0.416 e. The van der Waals surface area contributed by atoms with Crippen LogP contribution in [-0.2, 0) is 22.3 Å². The Morgan fingerprint density at radius 2 is 1.84 bits per heavy atom. The van der Waals surface area contributed by atoms with Crippen molar-refractivity contribution >= 4 is 11.8 Å². The van der Waals surface area contributed by atoms with Crippen molar-refractivity contribution in [2.75, 3.05) is 26.7 Å². The van der Waals surface area contributed by atoms with Crippen LogP contribution in [0.1, 0.15) is 24.0 Å². The van der Waals surface area contributed by atoms with E-state index in [4.69, 9.17) is 5.73 Å². The molecule has 25 heavy (non-hydrogen) atoms. The van der Waals surface area contributed by atoms with Crippen molar-refractivity contribution in [3.63, 3.8) is 0 Å². The Hall–Kier alpha value is -2.09. The summed E-state index contributed by atoms with van der Waals surface area (Å²) in [5, 5.41) is 0. The molecular weight excluding hydrogens is 335 g/mol. The van der Waals surface area contributed by atoms with E-state index in [0.29, 0.717) is 25.9 Å². The Bertz CT molecular complexity index is 626. The predicted molar refractivity (Wildman–Crippen MR) is 86.3 cm³/mol. The van der Waals surface area contributed by atoms with E-state index in [1.807, 2.05) is 0 Å². The molecule has 0 radical (unpaired) electrons. The van der Waals surface area contributed by atoms with E-state index < -0.39 is 11.7 Å². The van der Waals surface area contributed by atoms with Gasteiger partial charge in [-0.15, -0.1) is 0 Å². The third-order valence-electron chi connectivity index (χ3n) is 4.42. The van der Waals surface area contributed by atoms with E-state index in [2.05, 4.69) is 0 Å². The number of amides is 2. The summed E-state index contributed by atoms with van der Waals surface area (Å²) < 4.78 is 39.1. The number of benzene rings is 1. The van der Waals surface area contributed by atoms with Crippen LogP contribution >= 0.6 is 0 Å². The molecule has 2 amide bonds. The fourth-order valence-corrected chi connectivity index (χ4v) is 3.03. The summed E-state index contributed by atoms with van der Waals surface area (Å²) >= 11 is 0. The van der Waals surface area contributed by atoms with Crippen LogP contribution in [0.5, 0.6) is 0 Å². The van der Waals surface area contributed by atoms with Gasteiger partial charge in [-0.2, -0.15) is 13.2 Å². The van der Waals surface area contributed by atoms with Crippen LogP contribution in [0, 0.1) is 5.92 Å². The lowest BCUT2D eigenvalue weighted by molar-refractivity contribution is -0.138. The molecule has 1 aromatic carbocycles. The highest BCUT2D eigenvalue weighted by Gasteiger charge is 2.33. The highest BCUT2D eigenvalue weighted by atomic mass is 19.4. The summed E-state index contributed by atoms with van der Waals surface area (Å²) in [6, 6.07) is 5.36. The average molecular weight is 357 g/mol. The number of hydrogen-bond donors (Lipinski definition) is 1. The number of primary amides is 1. The molecule has 1 aliphatic heterocycles. The van der Waals surface area contributed by atoms with Gasteiger partial charge in [-0.05, 0) is 31.5 Å². The van der Waals surface area contributed by atoms with Crippen LogP contribution in [0.2, 0.25) is 0 Å². The number of carbonyl (C=O) groups excluding carboxylic acids is 2. The molecule has 2 rings (SSSR count). The summed E-state index contributed by atoms with van der Waals surface area (Å²) in [6.07, 6.45) is -3.36. The van der Waals surface area contributed by atoms with Gasteiger partial charge in [-0.25, -0.2) is 0 Å². The maximum absolute atomic E-state index is 13.0. The van der Waals surface area contributed by atoms with Gasteiger partial charge in [0, 0.05) is 25.6 Å². The van der Waals surface area contributed by atoms with Crippen LogP contribution in [0.15, 0.2) is 24.3 Å². The molecule has 1 aromatic rings. The Balaban J connectivity index is 1.92. The highest BCUT2D eigenvalue weighted by Crippen LogP contribution is 2.32. The normalized spacial score (nSPS) is 16.3. The zero-order valence-corrected chi connectivity index (χ0v) is 14.1. The van der Waals surface area contributed by atoms with Crippen molar-refractivity contribution in [1.82, 2.24) is 9.80 Å². The second-order valence-electron chi connectivity index (χ2n) is 6.38. The second kappa shape index (κ2) is 7.86. The van der Waals surface area contributed by atoms with E-state index in [1.165, 1.54) is 12.1 Å². The minimum absolute atomic E-state index is 0.0213. The van der Waals surface area contributed by atoms with Crippen molar-refractivity contribution in [3.05, 3.63) is 35.4 Å². The van der Waals surface area contributed by atoms with Gasteiger partial charge in [0.2, 0.25) is 11.8 Å². The number of hydrogen-bond acceptors (Lipinski definition) is 3.